The van der Waals surface area contributed by atoms with E-state index in [0.29, 0.717) is 11.5 Å². The Kier molecular flexibility index (Phi) is 3.58. The van der Waals surface area contributed by atoms with E-state index in [1.165, 1.54) is 0 Å². The minimum absolute atomic E-state index is 0.107. The molecule has 0 bridgehead atoms. The highest BCUT2D eigenvalue weighted by Gasteiger charge is 2.15. The summed E-state index contributed by atoms with van der Waals surface area (Å²) in [5.74, 6) is 0.190. The zero-order valence-electron chi connectivity index (χ0n) is 11.5. The van der Waals surface area contributed by atoms with Crippen molar-refractivity contribution in [3.8, 4) is 0 Å². The molecule has 21 heavy (non-hydrogen) atoms. The molecule has 0 aliphatic rings. The van der Waals surface area contributed by atoms with Crippen LogP contribution in [0, 0.1) is 17.4 Å². The van der Waals surface area contributed by atoms with Gasteiger partial charge in [-0.1, -0.05) is 6.07 Å². The second kappa shape index (κ2) is 5.40. The first-order chi connectivity index (χ1) is 10.0. The monoisotopic (exact) mass is 393 g/mol. The average molecular weight is 393 g/mol. The number of aromatic nitrogens is 4. The van der Waals surface area contributed by atoms with Gasteiger partial charge in [0.2, 0.25) is 5.82 Å². The highest BCUT2D eigenvalue weighted by atomic mass is 127. The number of hydrogen-bond acceptors (Lipinski definition) is 4. The van der Waals surface area contributed by atoms with Gasteiger partial charge in [0.05, 0.1) is 0 Å². The minimum atomic E-state index is -0.348. The van der Waals surface area contributed by atoms with Crippen LogP contribution in [0.3, 0.4) is 0 Å². The van der Waals surface area contributed by atoms with Crippen LogP contribution in [0.1, 0.15) is 22.0 Å². The SMILES string of the molecule is Cc1cc(C)n2nc(C(=O)Nc3cccc(I)c3)nc2n1. The van der Waals surface area contributed by atoms with Gasteiger partial charge in [0, 0.05) is 20.6 Å². The third-order valence-electron chi connectivity index (χ3n) is 2.90. The Balaban J connectivity index is 1.93. The molecule has 0 radical (unpaired) electrons. The molecule has 0 saturated carbocycles. The Bertz CT molecular complexity index is 842. The Hall–Kier alpha value is -2.03. The predicted octanol–water partition coefficient (Wildman–Crippen LogP) is 2.60. The maximum absolute atomic E-state index is 12.2. The van der Waals surface area contributed by atoms with Gasteiger partial charge in [-0.25, -0.2) is 9.50 Å². The summed E-state index contributed by atoms with van der Waals surface area (Å²) < 4.78 is 2.61. The molecule has 0 unspecified atom stereocenters. The lowest BCUT2D eigenvalue weighted by molar-refractivity contribution is 0.101. The molecule has 3 aromatic rings. The summed E-state index contributed by atoms with van der Waals surface area (Å²) in [6.07, 6.45) is 0. The van der Waals surface area contributed by atoms with Crippen LogP contribution in [0.15, 0.2) is 30.3 Å². The summed E-state index contributed by atoms with van der Waals surface area (Å²) >= 11 is 2.19. The largest absolute Gasteiger partial charge is 0.319 e. The molecule has 1 N–H and O–H groups in total. The lowest BCUT2D eigenvalue weighted by atomic mass is 10.3. The van der Waals surface area contributed by atoms with Crippen molar-refractivity contribution in [3.63, 3.8) is 0 Å². The first kappa shape index (κ1) is 13.9. The summed E-state index contributed by atoms with van der Waals surface area (Å²) in [6, 6.07) is 9.42. The first-order valence-electron chi connectivity index (χ1n) is 6.31. The van der Waals surface area contributed by atoms with Crippen molar-refractivity contribution in [2.45, 2.75) is 13.8 Å². The number of benzene rings is 1. The van der Waals surface area contributed by atoms with E-state index in [0.717, 1.165) is 15.0 Å². The Morgan fingerprint density at radius 2 is 2.05 bits per heavy atom. The van der Waals surface area contributed by atoms with Crippen LogP contribution in [-0.2, 0) is 0 Å². The Labute approximate surface area is 134 Å². The number of nitrogens with one attached hydrogen (secondary N) is 1. The third kappa shape index (κ3) is 2.87. The van der Waals surface area contributed by atoms with Gasteiger partial charge in [0.1, 0.15) is 0 Å². The van der Waals surface area contributed by atoms with E-state index in [-0.39, 0.29) is 11.7 Å². The normalized spacial score (nSPS) is 10.8. The molecule has 1 amide bonds. The molecule has 0 aliphatic carbocycles. The number of carbonyl (C=O) groups is 1. The zero-order chi connectivity index (χ0) is 15.0. The molecule has 1 aromatic carbocycles. The van der Waals surface area contributed by atoms with Crippen LogP contribution in [0.2, 0.25) is 0 Å². The van der Waals surface area contributed by atoms with Crippen molar-refractivity contribution in [2.75, 3.05) is 5.32 Å². The lowest BCUT2D eigenvalue weighted by Gasteiger charge is -2.02. The van der Waals surface area contributed by atoms with Gasteiger partial charge in [0.15, 0.2) is 0 Å². The second-order valence-electron chi connectivity index (χ2n) is 4.65. The van der Waals surface area contributed by atoms with Gasteiger partial charge >= 0.3 is 0 Å². The number of anilines is 1. The first-order valence-corrected chi connectivity index (χ1v) is 7.39. The standard InChI is InChI=1S/C14H12IN5O/c1-8-6-9(2)20-14(16-8)18-12(19-20)13(21)17-11-5-3-4-10(15)7-11/h3-7H,1-2H3,(H,17,21). The molecule has 0 fully saturated rings. The molecule has 0 atom stereocenters. The number of amides is 1. The smallest absolute Gasteiger partial charge is 0.295 e. The zero-order valence-corrected chi connectivity index (χ0v) is 13.6. The van der Waals surface area contributed by atoms with Crippen molar-refractivity contribution < 1.29 is 4.79 Å². The van der Waals surface area contributed by atoms with E-state index < -0.39 is 0 Å². The van der Waals surface area contributed by atoms with E-state index in [2.05, 4.69) is 43.0 Å². The fourth-order valence-corrected chi connectivity index (χ4v) is 2.56. The number of halogens is 1. The van der Waals surface area contributed by atoms with E-state index in [1.807, 2.05) is 44.2 Å². The van der Waals surface area contributed by atoms with Crippen LogP contribution in [0.5, 0.6) is 0 Å². The van der Waals surface area contributed by atoms with Gasteiger partial charge in [-0.05, 0) is 60.7 Å². The van der Waals surface area contributed by atoms with Crippen molar-refractivity contribution in [1.82, 2.24) is 19.6 Å². The summed E-state index contributed by atoms with van der Waals surface area (Å²) in [5, 5.41) is 6.99. The highest BCUT2D eigenvalue weighted by molar-refractivity contribution is 14.1. The van der Waals surface area contributed by atoms with Crippen LogP contribution in [-0.4, -0.2) is 25.5 Å². The van der Waals surface area contributed by atoms with Crippen LogP contribution in [0.4, 0.5) is 5.69 Å². The van der Waals surface area contributed by atoms with Gasteiger partial charge in [0.25, 0.3) is 11.7 Å². The maximum Gasteiger partial charge on any atom is 0.295 e. The Morgan fingerprint density at radius 3 is 2.81 bits per heavy atom. The van der Waals surface area contributed by atoms with Gasteiger partial charge < -0.3 is 5.32 Å². The van der Waals surface area contributed by atoms with Crippen molar-refractivity contribution >= 4 is 40.0 Å². The van der Waals surface area contributed by atoms with Crippen LogP contribution >= 0.6 is 22.6 Å². The van der Waals surface area contributed by atoms with E-state index in [1.54, 1.807) is 4.52 Å². The quantitative estimate of drug-likeness (QED) is 0.680. The summed E-state index contributed by atoms with van der Waals surface area (Å²) in [7, 11) is 0. The van der Waals surface area contributed by atoms with Gasteiger partial charge in [-0.15, -0.1) is 5.10 Å². The van der Waals surface area contributed by atoms with E-state index in [9.17, 15) is 4.79 Å². The summed E-state index contributed by atoms with van der Waals surface area (Å²) in [6.45, 7) is 3.78. The number of fused-ring (bicyclic) bond motifs is 1. The molecule has 0 aliphatic heterocycles. The molecule has 6 nitrogen and oxygen atoms in total. The van der Waals surface area contributed by atoms with Gasteiger partial charge in [-0.3, -0.25) is 4.79 Å². The molecule has 2 aromatic heterocycles. The van der Waals surface area contributed by atoms with E-state index in [4.69, 9.17) is 0 Å². The fourth-order valence-electron chi connectivity index (χ4n) is 2.02. The third-order valence-corrected chi connectivity index (χ3v) is 3.57. The number of hydrogen-bond donors (Lipinski definition) is 1. The number of rotatable bonds is 2. The number of nitrogens with zero attached hydrogens (tertiary/aromatic N) is 4. The molecule has 0 spiro atoms. The van der Waals surface area contributed by atoms with Crippen molar-refractivity contribution in [1.29, 1.82) is 0 Å². The molecular weight excluding hydrogens is 381 g/mol. The average Bonchev–Trinajstić information content (AvgIpc) is 2.83. The van der Waals surface area contributed by atoms with Crippen LogP contribution < -0.4 is 5.32 Å². The molecule has 0 saturated heterocycles. The predicted molar refractivity (Wildman–Crippen MR) is 87.4 cm³/mol. The molecule has 106 valence electrons. The van der Waals surface area contributed by atoms with Crippen molar-refractivity contribution in [3.05, 3.63) is 51.1 Å². The molecule has 3 rings (SSSR count). The second-order valence-corrected chi connectivity index (χ2v) is 5.90. The number of aryl methyl sites for hydroxylation is 2. The fraction of sp³-hybridized carbons (Fsp3) is 0.143. The molecule has 7 heteroatoms. The van der Waals surface area contributed by atoms with Crippen molar-refractivity contribution in [2.24, 2.45) is 0 Å². The van der Waals surface area contributed by atoms with E-state index >= 15 is 0 Å². The highest BCUT2D eigenvalue weighted by Crippen LogP contribution is 2.13. The van der Waals surface area contributed by atoms with Crippen LogP contribution in [0.25, 0.3) is 5.78 Å². The minimum Gasteiger partial charge on any atom is -0.319 e. The number of carbonyl (C=O) groups excluding carboxylic acids is 1. The summed E-state index contributed by atoms with van der Waals surface area (Å²) in [4.78, 5) is 20.7. The Morgan fingerprint density at radius 1 is 1.24 bits per heavy atom. The molecule has 2 heterocycles. The lowest BCUT2D eigenvalue weighted by Crippen LogP contribution is -2.14. The molecular formula is C14H12IN5O. The van der Waals surface area contributed by atoms with Gasteiger partial charge in [-0.2, -0.15) is 4.98 Å². The summed E-state index contributed by atoms with van der Waals surface area (Å²) in [5.41, 5.74) is 2.45. The topological polar surface area (TPSA) is 72.2 Å². The maximum atomic E-state index is 12.2.